The van der Waals surface area contributed by atoms with Gasteiger partial charge in [0.1, 0.15) is 16.5 Å². The molecule has 0 saturated carbocycles. The second-order valence-electron chi connectivity index (χ2n) is 6.86. The molecule has 5 nitrogen and oxygen atoms in total. The van der Waals surface area contributed by atoms with Crippen molar-refractivity contribution in [1.29, 1.82) is 5.26 Å². The summed E-state index contributed by atoms with van der Waals surface area (Å²) < 4.78 is 27.8. The Morgan fingerprint density at radius 2 is 2.00 bits per heavy atom. The fraction of sp³-hybridized carbons (Fsp3) is 0.316. The molecule has 2 atom stereocenters. The normalized spacial score (nSPS) is 22.8. The number of guanidine groups is 1. The minimum atomic E-state index is -2.97. The van der Waals surface area contributed by atoms with E-state index < -0.39 is 17.4 Å². The first-order valence-electron chi connectivity index (χ1n) is 8.30. The summed E-state index contributed by atoms with van der Waals surface area (Å²) in [5, 5.41) is 9.27. The average molecular weight is 467 g/mol. The van der Waals surface area contributed by atoms with Gasteiger partial charge in [-0.2, -0.15) is 5.26 Å². The number of hydrogen-bond acceptors (Lipinski definition) is 5. The molecule has 1 aliphatic heterocycles. The molecule has 1 aromatic carbocycles. The van der Waals surface area contributed by atoms with Crippen molar-refractivity contribution < 1.29 is 13.6 Å². The van der Waals surface area contributed by atoms with Crippen molar-refractivity contribution >= 4 is 39.1 Å². The fourth-order valence-electron chi connectivity index (χ4n) is 3.25. The molecule has 2 N–H and O–H groups in total. The van der Waals surface area contributed by atoms with Crippen molar-refractivity contribution in [2.24, 2.45) is 10.7 Å². The van der Waals surface area contributed by atoms with E-state index in [1.165, 1.54) is 47.5 Å². The predicted molar refractivity (Wildman–Crippen MR) is 107 cm³/mol. The number of amides is 1. The van der Waals surface area contributed by atoms with Crippen molar-refractivity contribution in [3.05, 3.63) is 55.7 Å². The van der Waals surface area contributed by atoms with E-state index in [0.29, 0.717) is 19.8 Å². The van der Waals surface area contributed by atoms with Gasteiger partial charge in [0, 0.05) is 28.9 Å². The van der Waals surface area contributed by atoms with E-state index in [2.05, 4.69) is 27.0 Å². The molecule has 2 heterocycles. The maximum Gasteiger partial charge on any atom is 0.270 e. The van der Waals surface area contributed by atoms with Gasteiger partial charge in [-0.15, -0.1) is 11.3 Å². The molecule has 3 rings (SSSR count). The van der Waals surface area contributed by atoms with Crippen LogP contribution in [0.1, 0.15) is 40.6 Å². The summed E-state index contributed by atoms with van der Waals surface area (Å²) in [6.07, 6.45) is 0. The van der Waals surface area contributed by atoms with Crippen molar-refractivity contribution in [3.63, 3.8) is 0 Å². The SMILES string of the molecule is CN1C(=O)[C@@H](c2ccc(C(C)(F)F)cc2)[C@@](C)(c2cc(Br)c(C#N)s2)N=C1N. The summed E-state index contributed by atoms with van der Waals surface area (Å²) >= 11 is 4.56. The molecule has 1 aromatic heterocycles. The van der Waals surface area contributed by atoms with Gasteiger partial charge in [0.25, 0.3) is 5.92 Å². The molecule has 0 bridgehead atoms. The number of aliphatic imine (C=N–C) groups is 1. The number of nitrogens with zero attached hydrogens (tertiary/aromatic N) is 3. The summed E-state index contributed by atoms with van der Waals surface area (Å²) in [6.45, 7) is 2.58. The number of carbonyl (C=O) groups is 1. The van der Waals surface area contributed by atoms with E-state index in [0.717, 1.165) is 6.92 Å². The first-order valence-corrected chi connectivity index (χ1v) is 9.91. The number of thiophene rings is 1. The summed E-state index contributed by atoms with van der Waals surface area (Å²) in [5.41, 5.74) is 5.30. The highest BCUT2D eigenvalue weighted by atomic mass is 79.9. The molecule has 0 saturated heterocycles. The Morgan fingerprint density at radius 3 is 2.50 bits per heavy atom. The van der Waals surface area contributed by atoms with Gasteiger partial charge in [0.2, 0.25) is 5.91 Å². The Bertz CT molecular complexity index is 1010. The molecule has 1 amide bonds. The lowest BCUT2D eigenvalue weighted by Crippen LogP contribution is -2.52. The Balaban J connectivity index is 2.17. The first kappa shape index (κ1) is 20.4. The summed E-state index contributed by atoms with van der Waals surface area (Å²) in [5.74, 6) is -3.99. The van der Waals surface area contributed by atoms with Crippen molar-refractivity contribution in [3.8, 4) is 6.07 Å². The number of benzene rings is 1. The number of likely N-dealkylation sites (N-methyl/N-ethyl adjacent to an activating group) is 1. The highest BCUT2D eigenvalue weighted by molar-refractivity contribution is 9.10. The van der Waals surface area contributed by atoms with Crippen LogP contribution in [0.3, 0.4) is 0 Å². The lowest BCUT2D eigenvalue weighted by atomic mass is 9.77. The zero-order valence-corrected chi connectivity index (χ0v) is 17.7. The van der Waals surface area contributed by atoms with E-state index in [4.69, 9.17) is 5.73 Å². The molecule has 28 heavy (non-hydrogen) atoms. The van der Waals surface area contributed by atoms with Crippen molar-refractivity contribution in [2.45, 2.75) is 31.2 Å². The summed E-state index contributed by atoms with van der Waals surface area (Å²) in [6, 6.07) is 9.52. The van der Waals surface area contributed by atoms with Crippen molar-refractivity contribution in [2.75, 3.05) is 7.05 Å². The van der Waals surface area contributed by atoms with Crippen LogP contribution in [0.25, 0.3) is 0 Å². The molecule has 146 valence electrons. The van der Waals surface area contributed by atoms with Crippen LogP contribution in [0, 0.1) is 11.3 Å². The maximum absolute atomic E-state index is 13.6. The second kappa shape index (κ2) is 6.94. The van der Waals surface area contributed by atoms with Gasteiger partial charge in [-0.3, -0.25) is 9.69 Å². The van der Waals surface area contributed by atoms with Gasteiger partial charge < -0.3 is 5.73 Å². The number of rotatable bonds is 3. The summed E-state index contributed by atoms with van der Waals surface area (Å²) in [4.78, 5) is 20.1. The van der Waals surface area contributed by atoms with Gasteiger partial charge in [-0.05, 0) is 34.5 Å². The zero-order valence-electron chi connectivity index (χ0n) is 15.3. The highest BCUT2D eigenvalue weighted by Crippen LogP contribution is 2.47. The lowest BCUT2D eigenvalue weighted by Gasteiger charge is -2.40. The molecule has 0 fully saturated rings. The van der Waals surface area contributed by atoms with E-state index in [1.54, 1.807) is 13.0 Å². The average Bonchev–Trinajstić information content (AvgIpc) is 3.01. The number of alkyl halides is 2. The zero-order chi connectivity index (χ0) is 20.9. The maximum atomic E-state index is 13.6. The number of nitriles is 1. The van der Waals surface area contributed by atoms with Crippen LogP contribution >= 0.6 is 27.3 Å². The molecular formula is C19H17BrF2N4OS. The first-order chi connectivity index (χ1) is 13.0. The molecule has 0 aliphatic carbocycles. The molecule has 0 radical (unpaired) electrons. The molecular weight excluding hydrogens is 450 g/mol. The number of hydrogen-bond donors (Lipinski definition) is 1. The van der Waals surface area contributed by atoms with E-state index >= 15 is 0 Å². The lowest BCUT2D eigenvalue weighted by molar-refractivity contribution is -0.130. The molecule has 9 heteroatoms. The van der Waals surface area contributed by atoms with Crippen LogP contribution < -0.4 is 5.73 Å². The van der Waals surface area contributed by atoms with Crippen LogP contribution in [-0.4, -0.2) is 23.8 Å². The highest BCUT2D eigenvalue weighted by Gasteiger charge is 2.48. The second-order valence-corrected chi connectivity index (χ2v) is 8.76. The van der Waals surface area contributed by atoms with Crippen LogP contribution in [0.15, 0.2) is 39.8 Å². The standard InChI is InChI=1S/C19H17BrF2N4OS/c1-18(14-8-12(20)13(9-23)28-14)15(16(27)26(3)17(24)25-18)10-4-6-11(7-5-10)19(2,21)22/h4-8,15H,1-3H3,(H2,24,25)/t15-,18-/m1/s1. The minimum absolute atomic E-state index is 0.0588. The predicted octanol–water partition coefficient (Wildman–Crippen LogP) is 4.28. The Labute approximate surface area is 173 Å². The van der Waals surface area contributed by atoms with Crippen LogP contribution in [0.4, 0.5) is 8.78 Å². The van der Waals surface area contributed by atoms with Crippen LogP contribution in [0.5, 0.6) is 0 Å². The fourth-order valence-corrected chi connectivity index (χ4v) is 4.93. The number of carbonyl (C=O) groups excluding carboxylic acids is 1. The smallest absolute Gasteiger partial charge is 0.270 e. The summed E-state index contributed by atoms with van der Waals surface area (Å²) in [7, 11) is 1.52. The van der Waals surface area contributed by atoms with E-state index in [9.17, 15) is 18.8 Å². The molecule has 2 aromatic rings. The Morgan fingerprint density at radius 1 is 1.39 bits per heavy atom. The van der Waals surface area contributed by atoms with Crippen LogP contribution in [0.2, 0.25) is 0 Å². The van der Waals surface area contributed by atoms with Gasteiger partial charge in [0.15, 0.2) is 5.96 Å². The van der Waals surface area contributed by atoms with E-state index in [-0.39, 0.29) is 17.4 Å². The third-order valence-corrected chi connectivity index (χ3v) is 7.02. The largest absolute Gasteiger partial charge is 0.369 e. The third kappa shape index (κ3) is 3.31. The van der Waals surface area contributed by atoms with E-state index in [1.807, 2.05) is 0 Å². The molecule has 0 unspecified atom stereocenters. The number of halogens is 3. The van der Waals surface area contributed by atoms with Gasteiger partial charge >= 0.3 is 0 Å². The van der Waals surface area contributed by atoms with Crippen LogP contribution in [-0.2, 0) is 16.3 Å². The molecule has 0 spiro atoms. The van der Waals surface area contributed by atoms with Gasteiger partial charge in [-0.25, -0.2) is 13.8 Å². The van der Waals surface area contributed by atoms with Crippen molar-refractivity contribution in [1.82, 2.24) is 4.90 Å². The molecule has 1 aliphatic rings. The third-order valence-electron chi connectivity index (χ3n) is 4.87. The minimum Gasteiger partial charge on any atom is -0.369 e. The Kier molecular flexibility index (Phi) is 5.06. The number of nitrogens with two attached hydrogens (primary N) is 1. The van der Waals surface area contributed by atoms with Gasteiger partial charge in [0.05, 0.1) is 5.92 Å². The quantitative estimate of drug-likeness (QED) is 0.732. The topological polar surface area (TPSA) is 82.5 Å². The Hall–Kier alpha value is -2.31. The van der Waals surface area contributed by atoms with Gasteiger partial charge in [-0.1, -0.05) is 24.3 Å². The monoisotopic (exact) mass is 466 g/mol.